The summed E-state index contributed by atoms with van der Waals surface area (Å²) in [6.45, 7) is 0. The predicted molar refractivity (Wildman–Crippen MR) is 139 cm³/mol. The molecule has 0 atom stereocenters. The van der Waals surface area contributed by atoms with E-state index in [9.17, 15) is 17.3 Å². The van der Waals surface area contributed by atoms with E-state index in [1.807, 2.05) is 91.0 Å². The van der Waals surface area contributed by atoms with Crippen LogP contribution in [0.4, 0.5) is 17.3 Å². The van der Waals surface area contributed by atoms with Crippen LogP contribution < -0.4 is 14.2 Å². The van der Waals surface area contributed by atoms with Gasteiger partial charge in [0.15, 0.2) is 11.5 Å². The first kappa shape index (κ1) is 27.3. The molecule has 9 heteroatoms. The highest BCUT2D eigenvalue weighted by Crippen LogP contribution is 2.39. The molecule has 0 saturated heterocycles. The third kappa shape index (κ3) is 8.13. The zero-order valence-electron chi connectivity index (χ0n) is 20.5. The molecule has 0 saturated carbocycles. The Morgan fingerprint density at radius 2 is 0.973 bits per heavy atom. The molecular weight excluding hydrogens is 487 g/mol. The van der Waals surface area contributed by atoms with Gasteiger partial charge in [0.05, 0.1) is 44.6 Å². The average Bonchev–Trinajstić information content (AvgIpc) is 2.91. The molecule has 0 amide bonds. The molecule has 0 aliphatic carbocycles. The summed E-state index contributed by atoms with van der Waals surface area (Å²) >= 11 is 0. The van der Waals surface area contributed by atoms with Crippen LogP contribution in [-0.2, 0) is 0 Å². The second-order valence-electron chi connectivity index (χ2n) is 7.64. The van der Waals surface area contributed by atoms with Gasteiger partial charge in [0, 0.05) is 0 Å². The summed E-state index contributed by atoms with van der Waals surface area (Å²) in [5.74, 6) is 3.41. The molecule has 4 rings (SSSR count). The summed E-state index contributed by atoms with van der Waals surface area (Å²) in [7, 11) is -1.18. The number of hydrogen-bond donors (Lipinski definition) is 0. The molecule has 0 fully saturated rings. The highest BCUT2D eigenvalue weighted by Gasteiger charge is 2.21. The second kappa shape index (κ2) is 12.6. The number of rotatable bonds is 7. The van der Waals surface area contributed by atoms with Gasteiger partial charge in [-0.05, 0) is 47.5 Å². The summed E-state index contributed by atoms with van der Waals surface area (Å²) in [5, 5.41) is 0. The lowest BCUT2D eigenvalue weighted by molar-refractivity contribution is 0.324. The highest BCUT2D eigenvalue weighted by molar-refractivity contribution is 6.50. The summed E-state index contributed by atoms with van der Waals surface area (Å²) in [4.78, 5) is 0. The number of ether oxygens (including phenoxy) is 3. The van der Waals surface area contributed by atoms with Gasteiger partial charge in [-0.25, -0.2) is 4.42 Å². The maximum atomic E-state index is 9.75. The molecule has 4 nitrogen and oxygen atoms in total. The molecule has 0 unspecified atom stereocenters. The first-order valence-electron chi connectivity index (χ1n) is 11.2. The molecule has 0 radical (unpaired) electrons. The third-order valence-corrected chi connectivity index (χ3v) is 5.09. The number of benzene rings is 3. The molecule has 0 N–H and O–H groups in total. The quantitative estimate of drug-likeness (QED) is 0.142. The van der Waals surface area contributed by atoms with Crippen molar-refractivity contribution in [3.05, 3.63) is 96.1 Å². The molecule has 37 heavy (non-hydrogen) atoms. The van der Waals surface area contributed by atoms with Crippen LogP contribution in [0.15, 0.2) is 89.3 Å². The zero-order chi connectivity index (χ0) is 26.8. The van der Waals surface area contributed by atoms with E-state index in [1.54, 1.807) is 21.3 Å². The Hall–Kier alpha value is -4.27. The monoisotopic (exact) mass is 512 g/mol. The lowest BCUT2D eigenvalue weighted by Gasteiger charge is -2.12. The van der Waals surface area contributed by atoms with Gasteiger partial charge in [-0.15, -0.1) is 0 Å². The Balaban J connectivity index is 0.000000695. The normalized spacial score (nSPS) is 11.0. The van der Waals surface area contributed by atoms with Gasteiger partial charge in [-0.3, -0.25) is 0 Å². The van der Waals surface area contributed by atoms with Gasteiger partial charge in [0.1, 0.15) is 0 Å². The zero-order valence-corrected chi connectivity index (χ0v) is 20.5. The molecule has 1 aromatic heterocycles. The molecule has 192 valence electrons. The molecule has 0 aliphatic heterocycles. The lowest BCUT2D eigenvalue weighted by atomic mass is 10.1. The maximum absolute atomic E-state index is 9.75. The van der Waals surface area contributed by atoms with Gasteiger partial charge in [-0.1, -0.05) is 48.6 Å². The van der Waals surface area contributed by atoms with E-state index in [-0.39, 0.29) is 0 Å². The molecule has 4 aromatic rings. The summed E-state index contributed by atoms with van der Waals surface area (Å²) in [5.41, 5.74) is 3.99. The van der Waals surface area contributed by atoms with Crippen LogP contribution in [0.25, 0.3) is 34.8 Å². The fourth-order valence-electron chi connectivity index (χ4n) is 3.50. The third-order valence-electron chi connectivity index (χ3n) is 5.09. The van der Waals surface area contributed by atoms with Gasteiger partial charge < -0.3 is 31.5 Å². The first-order chi connectivity index (χ1) is 17.7. The van der Waals surface area contributed by atoms with Crippen molar-refractivity contribution in [3.8, 4) is 39.9 Å². The maximum Gasteiger partial charge on any atom is 0.673 e. The summed E-state index contributed by atoms with van der Waals surface area (Å²) in [6, 6.07) is 28.1. The van der Waals surface area contributed by atoms with E-state index in [0.29, 0.717) is 17.2 Å². The number of methoxy groups -OCH3 is 3. The van der Waals surface area contributed by atoms with E-state index in [2.05, 4.69) is 6.08 Å². The van der Waals surface area contributed by atoms with Crippen LogP contribution in [0.5, 0.6) is 17.2 Å². The van der Waals surface area contributed by atoms with Crippen LogP contribution >= 0.6 is 0 Å². The van der Waals surface area contributed by atoms with Crippen molar-refractivity contribution in [3.63, 3.8) is 0 Å². The lowest BCUT2D eigenvalue weighted by Crippen LogP contribution is -2.02. The highest BCUT2D eigenvalue weighted by atomic mass is 19.5. The fraction of sp³-hybridized carbons (Fsp3) is 0.107. The second-order valence-corrected chi connectivity index (χ2v) is 7.64. The standard InChI is InChI=1S/C28H25O4.BF4/c1-29-26-18-21(19-27(30-2)28(26)31-3)15-14-20-16-24(22-10-6-4-7-11-22)32-25(17-20)23-12-8-5-9-13-23;2-1(3,4)5/h4-19H,1-3H3;/q+1;-1/b15-14+;. The van der Waals surface area contributed by atoms with Gasteiger partial charge in [0.2, 0.25) is 5.75 Å². The van der Waals surface area contributed by atoms with E-state index in [1.165, 1.54) is 0 Å². The van der Waals surface area contributed by atoms with Gasteiger partial charge in [-0.2, -0.15) is 0 Å². The van der Waals surface area contributed by atoms with E-state index in [4.69, 9.17) is 18.6 Å². The molecular formula is C28H25BF4O4. The van der Waals surface area contributed by atoms with Crippen molar-refractivity contribution in [2.45, 2.75) is 0 Å². The van der Waals surface area contributed by atoms with Gasteiger partial charge in [0.25, 0.3) is 0 Å². The van der Waals surface area contributed by atoms with Crippen LogP contribution in [-0.4, -0.2) is 28.6 Å². The van der Waals surface area contributed by atoms with Crippen molar-refractivity contribution in [2.24, 2.45) is 0 Å². The van der Waals surface area contributed by atoms with Gasteiger partial charge >= 0.3 is 18.8 Å². The summed E-state index contributed by atoms with van der Waals surface area (Å²) in [6.07, 6.45) is 4.07. The average molecular weight is 512 g/mol. The first-order valence-corrected chi connectivity index (χ1v) is 11.2. The van der Waals surface area contributed by atoms with Crippen LogP contribution in [0.3, 0.4) is 0 Å². The Morgan fingerprint density at radius 3 is 1.32 bits per heavy atom. The van der Waals surface area contributed by atoms with Crippen LogP contribution in [0.2, 0.25) is 0 Å². The Morgan fingerprint density at radius 1 is 0.595 bits per heavy atom. The minimum absolute atomic E-state index is 0.573. The van der Waals surface area contributed by atoms with E-state index < -0.39 is 7.25 Å². The minimum Gasteiger partial charge on any atom is -0.493 e. The van der Waals surface area contributed by atoms with Crippen LogP contribution in [0.1, 0.15) is 11.1 Å². The van der Waals surface area contributed by atoms with E-state index >= 15 is 0 Å². The minimum atomic E-state index is -6.00. The van der Waals surface area contributed by atoms with Crippen molar-refractivity contribution in [1.29, 1.82) is 0 Å². The molecule has 1 heterocycles. The van der Waals surface area contributed by atoms with E-state index in [0.717, 1.165) is 33.8 Å². The topological polar surface area (TPSA) is 39.0 Å². The number of halogens is 4. The smallest absolute Gasteiger partial charge is 0.493 e. The largest absolute Gasteiger partial charge is 0.673 e. The molecule has 0 spiro atoms. The molecule has 3 aromatic carbocycles. The van der Waals surface area contributed by atoms with Crippen molar-refractivity contribution in [1.82, 2.24) is 0 Å². The Labute approximate surface area is 212 Å². The molecule has 0 bridgehead atoms. The SMILES string of the molecule is COc1cc(/C=C/c2cc(-c3ccccc3)[o+]c(-c3ccccc3)c2)cc(OC)c1OC.F[B-](F)(F)F. The van der Waals surface area contributed by atoms with Crippen molar-refractivity contribution in [2.75, 3.05) is 21.3 Å². The fourth-order valence-corrected chi connectivity index (χ4v) is 3.50. The summed E-state index contributed by atoms with van der Waals surface area (Å²) < 4.78 is 61.6. The van der Waals surface area contributed by atoms with Crippen molar-refractivity contribution < 1.29 is 35.9 Å². The Kier molecular flexibility index (Phi) is 9.32. The Bertz CT molecular complexity index is 1240. The van der Waals surface area contributed by atoms with Crippen LogP contribution in [0, 0.1) is 0 Å². The molecule has 0 aliphatic rings. The van der Waals surface area contributed by atoms with Crippen molar-refractivity contribution >= 4 is 19.4 Å². The number of hydrogen-bond acceptors (Lipinski definition) is 3. The predicted octanol–water partition coefficient (Wildman–Crippen LogP) is 8.39.